The van der Waals surface area contributed by atoms with Gasteiger partial charge in [0.05, 0.1) is 24.2 Å². The van der Waals surface area contributed by atoms with Crippen LogP contribution >= 0.6 is 0 Å². The van der Waals surface area contributed by atoms with Crippen LogP contribution in [-0.2, 0) is 5.41 Å². The van der Waals surface area contributed by atoms with Gasteiger partial charge < -0.3 is 14.3 Å². The number of aliphatic hydroxyl groups excluding tert-OH is 1. The molecule has 4 nitrogen and oxygen atoms in total. The van der Waals surface area contributed by atoms with E-state index in [2.05, 4.69) is 18.7 Å². The van der Waals surface area contributed by atoms with Gasteiger partial charge in [0.25, 0.3) is 5.95 Å². The summed E-state index contributed by atoms with van der Waals surface area (Å²) in [6.07, 6.45) is 4.16. The van der Waals surface area contributed by atoms with Gasteiger partial charge in [-0.15, -0.1) is 0 Å². The molecule has 1 heterocycles. The first-order valence-electron chi connectivity index (χ1n) is 9.01. The Bertz CT molecular complexity index is 840. The lowest BCUT2D eigenvalue weighted by molar-refractivity contribution is 0.181. The maximum absolute atomic E-state index is 12.7. The molecule has 1 N–H and O–H groups in total. The highest BCUT2D eigenvalue weighted by Gasteiger charge is 2.44. The van der Waals surface area contributed by atoms with Gasteiger partial charge in [-0.05, 0) is 46.6 Å². The Morgan fingerprint density at radius 3 is 2.50 bits per heavy atom. The van der Waals surface area contributed by atoms with E-state index in [1.807, 2.05) is 27.7 Å². The molecule has 0 aliphatic heterocycles. The first kappa shape index (κ1) is 20.2. The monoisotopic (exact) mass is 358 g/mol. The highest BCUT2D eigenvalue weighted by molar-refractivity contribution is 5.47. The van der Waals surface area contributed by atoms with Crippen LogP contribution in [-0.4, -0.2) is 18.3 Å². The molecule has 0 saturated heterocycles. The maximum atomic E-state index is 12.7. The number of rotatable bonds is 5. The van der Waals surface area contributed by atoms with Crippen LogP contribution in [0.1, 0.15) is 51.0 Å². The van der Waals surface area contributed by atoms with Crippen molar-refractivity contribution in [2.75, 3.05) is 7.11 Å². The fourth-order valence-corrected chi connectivity index (χ4v) is 4.27. The largest absolute Gasteiger partial charge is 0.468 e. The average molecular weight is 358 g/mol. The van der Waals surface area contributed by atoms with Crippen molar-refractivity contribution >= 4 is 0 Å². The minimum atomic E-state index is -0.639. The lowest BCUT2D eigenvalue weighted by Gasteiger charge is -2.41. The van der Waals surface area contributed by atoms with Crippen LogP contribution in [0.3, 0.4) is 0 Å². The molecule has 0 fully saturated rings. The Kier molecular flexibility index (Phi) is 5.67. The van der Waals surface area contributed by atoms with Crippen LogP contribution in [0.4, 0.5) is 0 Å². The smallest absolute Gasteiger partial charge is 0.291 e. The highest BCUT2D eigenvalue weighted by Crippen LogP contribution is 2.47. The van der Waals surface area contributed by atoms with Crippen molar-refractivity contribution < 1.29 is 14.3 Å². The summed E-state index contributed by atoms with van der Waals surface area (Å²) in [4.78, 5) is 12.7. The third-order valence-corrected chi connectivity index (χ3v) is 5.42. The molecule has 0 bridgehead atoms. The molecular weight excluding hydrogens is 328 g/mol. The Hall–Kier alpha value is -2.07. The second-order valence-corrected chi connectivity index (χ2v) is 7.49. The Morgan fingerprint density at radius 1 is 1.35 bits per heavy atom. The van der Waals surface area contributed by atoms with Crippen LogP contribution in [0.5, 0.6) is 5.95 Å². The van der Waals surface area contributed by atoms with Crippen molar-refractivity contribution in [2.24, 2.45) is 5.92 Å². The van der Waals surface area contributed by atoms with Crippen molar-refractivity contribution in [1.29, 1.82) is 0 Å². The number of hydrogen-bond donors (Lipinski definition) is 1. The van der Waals surface area contributed by atoms with Crippen LogP contribution < -0.4 is 10.2 Å². The summed E-state index contributed by atoms with van der Waals surface area (Å²) < 4.78 is 11.4. The number of aliphatic hydroxyl groups is 1. The number of ether oxygens (including phenoxy) is 1. The highest BCUT2D eigenvalue weighted by atomic mass is 16.6. The van der Waals surface area contributed by atoms with Gasteiger partial charge in [-0.1, -0.05) is 36.8 Å². The molecule has 2 rings (SSSR count). The summed E-state index contributed by atoms with van der Waals surface area (Å²) in [6, 6.07) is 0. The predicted molar refractivity (Wildman–Crippen MR) is 105 cm³/mol. The molecule has 4 heteroatoms. The normalized spacial score (nSPS) is 23.9. The summed E-state index contributed by atoms with van der Waals surface area (Å²) >= 11 is 0. The van der Waals surface area contributed by atoms with Crippen molar-refractivity contribution in [3.8, 4) is 5.95 Å². The third kappa shape index (κ3) is 3.18. The molecule has 0 radical (unpaired) electrons. The zero-order valence-corrected chi connectivity index (χ0v) is 16.9. The SMILES string of the molecule is C=C([C@@H]1C(C)=CC(C)=C[C@]1(C)c1oc(OC)c(C)c(=O)c1C)[C@H](O)CC. The van der Waals surface area contributed by atoms with Gasteiger partial charge >= 0.3 is 0 Å². The van der Waals surface area contributed by atoms with E-state index in [4.69, 9.17) is 9.15 Å². The van der Waals surface area contributed by atoms with E-state index in [0.29, 0.717) is 23.3 Å². The molecule has 1 aromatic heterocycles. The fourth-order valence-electron chi connectivity index (χ4n) is 4.27. The van der Waals surface area contributed by atoms with E-state index in [-0.39, 0.29) is 17.3 Å². The minimum Gasteiger partial charge on any atom is -0.468 e. The zero-order chi connectivity index (χ0) is 19.8. The second-order valence-electron chi connectivity index (χ2n) is 7.49. The van der Waals surface area contributed by atoms with E-state index >= 15 is 0 Å². The summed E-state index contributed by atoms with van der Waals surface area (Å²) in [5.41, 5.74) is 3.21. The number of allylic oxidation sites excluding steroid dienone is 4. The van der Waals surface area contributed by atoms with E-state index in [1.54, 1.807) is 13.8 Å². The molecule has 1 aliphatic carbocycles. The fraction of sp³-hybridized carbons (Fsp3) is 0.500. The third-order valence-electron chi connectivity index (χ3n) is 5.42. The summed E-state index contributed by atoms with van der Waals surface area (Å²) in [5.74, 6) is 0.622. The van der Waals surface area contributed by atoms with Gasteiger partial charge in [-0.2, -0.15) is 0 Å². The maximum Gasteiger partial charge on any atom is 0.291 e. The minimum absolute atomic E-state index is 0.0806. The predicted octanol–water partition coefficient (Wildman–Crippen LogP) is 4.37. The van der Waals surface area contributed by atoms with E-state index in [1.165, 1.54) is 7.11 Å². The number of hydrogen-bond acceptors (Lipinski definition) is 4. The van der Waals surface area contributed by atoms with Crippen molar-refractivity contribution in [1.82, 2.24) is 0 Å². The lowest BCUT2D eigenvalue weighted by Crippen LogP contribution is -2.39. The molecule has 0 saturated carbocycles. The van der Waals surface area contributed by atoms with Gasteiger partial charge in [0.15, 0.2) is 5.43 Å². The summed E-state index contributed by atoms with van der Waals surface area (Å²) in [6.45, 7) is 15.7. The summed E-state index contributed by atoms with van der Waals surface area (Å²) in [5, 5.41) is 10.4. The first-order valence-corrected chi connectivity index (χ1v) is 9.01. The molecule has 142 valence electrons. The van der Waals surface area contributed by atoms with Gasteiger partial charge in [-0.25, -0.2) is 0 Å². The molecule has 0 amide bonds. The van der Waals surface area contributed by atoms with Gasteiger partial charge in [0.2, 0.25) is 0 Å². The molecule has 0 unspecified atom stereocenters. The number of methoxy groups -OCH3 is 1. The van der Waals surface area contributed by atoms with E-state index in [9.17, 15) is 9.90 Å². The molecule has 0 aromatic carbocycles. The summed E-state index contributed by atoms with van der Waals surface area (Å²) in [7, 11) is 1.50. The molecule has 0 spiro atoms. The van der Waals surface area contributed by atoms with E-state index in [0.717, 1.165) is 16.7 Å². The average Bonchev–Trinajstić information content (AvgIpc) is 2.58. The van der Waals surface area contributed by atoms with Crippen LogP contribution in [0.15, 0.2) is 44.7 Å². The second kappa shape index (κ2) is 7.28. The zero-order valence-electron chi connectivity index (χ0n) is 16.9. The van der Waals surface area contributed by atoms with Crippen molar-refractivity contribution in [2.45, 2.75) is 59.5 Å². The Morgan fingerprint density at radius 2 is 1.96 bits per heavy atom. The van der Waals surface area contributed by atoms with E-state index < -0.39 is 11.5 Å². The van der Waals surface area contributed by atoms with Crippen LogP contribution in [0, 0.1) is 19.8 Å². The van der Waals surface area contributed by atoms with Crippen molar-refractivity contribution in [3.05, 3.63) is 62.6 Å². The Balaban J connectivity index is 2.78. The van der Waals surface area contributed by atoms with Crippen molar-refractivity contribution in [3.63, 3.8) is 0 Å². The Labute approximate surface area is 155 Å². The van der Waals surface area contributed by atoms with Crippen LogP contribution in [0.25, 0.3) is 0 Å². The first-order chi connectivity index (χ1) is 12.1. The van der Waals surface area contributed by atoms with Gasteiger partial charge in [0.1, 0.15) is 5.76 Å². The molecule has 1 aromatic rings. The standard InChI is InChI=1S/C22H30O4/c1-9-17(23)14(4)18-13(3)10-12(2)11-22(18,7)20-15(5)19(24)16(6)21(25-8)26-20/h10-11,17-18,23H,4,9H2,1-3,5-8H3/t17-,18+,22+/m1/s1. The quantitative estimate of drug-likeness (QED) is 0.794. The van der Waals surface area contributed by atoms with Gasteiger partial charge in [-0.3, -0.25) is 4.79 Å². The molecular formula is C22H30O4. The molecule has 1 aliphatic rings. The lowest BCUT2D eigenvalue weighted by atomic mass is 9.63. The van der Waals surface area contributed by atoms with Gasteiger partial charge in [0, 0.05) is 11.5 Å². The topological polar surface area (TPSA) is 59.7 Å². The molecule has 26 heavy (non-hydrogen) atoms. The van der Waals surface area contributed by atoms with Crippen LogP contribution in [0.2, 0.25) is 0 Å². The molecule has 3 atom stereocenters.